The van der Waals surface area contributed by atoms with Crippen LogP contribution in [0.15, 0.2) is 51.7 Å². The summed E-state index contributed by atoms with van der Waals surface area (Å²) in [4.78, 5) is 30.9. The first-order valence-corrected chi connectivity index (χ1v) is 8.05. The molecule has 0 aliphatic heterocycles. The Labute approximate surface area is 145 Å². The van der Waals surface area contributed by atoms with Crippen molar-refractivity contribution in [3.05, 3.63) is 68.9 Å². The minimum atomic E-state index is -0.519. The molecular formula is C17H13BrFN3O2. The standard InChI is InChI=1S/C17H13BrFN3O2/c18-10-5-6-14(12(19)9-10)21-16(23)8-7-15-20-13-4-2-1-3-11(13)17(24)22-15/h1-6,9H,7-8H2,(H,21,23)(H,20,22,24). The highest BCUT2D eigenvalue weighted by atomic mass is 79.9. The normalized spacial score (nSPS) is 10.8. The molecule has 0 aliphatic rings. The summed E-state index contributed by atoms with van der Waals surface area (Å²) in [6, 6.07) is 11.4. The third-order valence-electron chi connectivity index (χ3n) is 3.46. The zero-order valence-corrected chi connectivity index (χ0v) is 14.1. The quantitative estimate of drug-likeness (QED) is 0.717. The lowest BCUT2D eigenvalue weighted by atomic mass is 10.2. The first kappa shape index (κ1) is 16.3. The molecule has 1 amide bonds. The molecule has 5 nitrogen and oxygen atoms in total. The van der Waals surface area contributed by atoms with Crippen LogP contribution in [0.2, 0.25) is 0 Å². The van der Waals surface area contributed by atoms with E-state index in [2.05, 4.69) is 31.2 Å². The van der Waals surface area contributed by atoms with E-state index in [1.807, 2.05) is 0 Å². The fraction of sp³-hybridized carbons (Fsp3) is 0.118. The van der Waals surface area contributed by atoms with Crippen LogP contribution in [0.4, 0.5) is 10.1 Å². The van der Waals surface area contributed by atoms with Crippen molar-refractivity contribution in [3.8, 4) is 0 Å². The number of hydrogen-bond acceptors (Lipinski definition) is 3. The summed E-state index contributed by atoms with van der Waals surface area (Å²) in [5.74, 6) is -0.452. The molecule has 24 heavy (non-hydrogen) atoms. The number of anilines is 1. The molecular weight excluding hydrogens is 377 g/mol. The Morgan fingerprint density at radius 3 is 2.83 bits per heavy atom. The van der Waals surface area contributed by atoms with Gasteiger partial charge in [-0.1, -0.05) is 28.1 Å². The van der Waals surface area contributed by atoms with Crippen LogP contribution in [0.3, 0.4) is 0 Å². The van der Waals surface area contributed by atoms with E-state index in [1.54, 1.807) is 30.3 Å². The average molecular weight is 390 g/mol. The molecule has 0 radical (unpaired) electrons. The number of fused-ring (bicyclic) bond motifs is 1. The van der Waals surface area contributed by atoms with Gasteiger partial charge in [0.25, 0.3) is 5.56 Å². The third-order valence-corrected chi connectivity index (χ3v) is 3.95. The molecule has 0 spiro atoms. The number of nitrogens with one attached hydrogen (secondary N) is 2. The van der Waals surface area contributed by atoms with Crippen molar-refractivity contribution in [1.29, 1.82) is 0 Å². The zero-order chi connectivity index (χ0) is 17.1. The van der Waals surface area contributed by atoms with Crippen molar-refractivity contribution in [2.24, 2.45) is 0 Å². The SMILES string of the molecule is O=C(CCc1nc2ccccc2c(=O)[nH]1)Nc1ccc(Br)cc1F. The Kier molecular flexibility index (Phi) is 4.71. The van der Waals surface area contributed by atoms with Crippen LogP contribution in [0, 0.1) is 5.82 Å². The minimum absolute atomic E-state index is 0.0801. The number of rotatable bonds is 4. The number of halogens is 2. The van der Waals surface area contributed by atoms with Crippen molar-refractivity contribution >= 4 is 38.4 Å². The van der Waals surface area contributed by atoms with Gasteiger partial charge in [-0.3, -0.25) is 9.59 Å². The average Bonchev–Trinajstić information content (AvgIpc) is 2.56. The van der Waals surface area contributed by atoms with Gasteiger partial charge in [-0.05, 0) is 30.3 Å². The van der Waals surface area contributed by atoms with Gasteiger partial charge in [0.1, 0.15) is 11.6 Å². The van der Waals surface area contributed by atoms with E-state index in [-0.39, 0.29) is 30.0 Å². The summed E-state index contributed by atoms with van der Waals surface area (Å²) in [7, 11) is 0. The number of hydrogen-bond donors (Lipinski definition) is 2. The summed E-state index contributed by atoms with van der Waals surface area (Å²) < 4.78 is 14.3. The summed E-state index contributed by atoms with van der Waals surface area (Å²) in [6.45, 7) is 0. The smallest absolute Gasteiger partial charge is 0.258 e. The van der Waals surface area contributed by atoms with Gasteiger partial charge in [-0.25, -0.2) is 9.37 Å². The number of aromatic nitrogens is 2. The minimum Gasteiger partial charge on any atom is -0.324 e. The molecule has 0 bridgehead atoms. The van der Waals surface area contributed by atoms with Gasteiger partial charge < -0.3 is 10.3 Å². The molecule has 0 saturated carbocycles. The van der Waals surface area contributed by atoms with Crippen molar-refractivity contribution < 1.29 is 9.18 Å². The van der Waals surface area contributed by atoms with Gasteiger partial charge in [-0.15, -0.1) is 0 Å². The maximum Gasteiger partial charge on any atom is 0.258 e. The van der Waals surface area contributed by atoms with E-state index in [1.165, 1.54) is 12.1 Å². The summed E-state index contributed by atoms with van der Waals surface area (Å²) in [6.07, 6.45) is 0.334. The van der Waals surface area contributed by atoms with Crippen LogP contribution < -0.4 is 10.9 Å². The van der Waals surface area contributed by atoms with E-state index >= 15 is 0 Å². The molecule has 3 aromatic rings. The van der Waals surface area contributed by atoms with Crippen LogP contribution in [-0.2, 0) is 11.2 Å². The van der Waals surface area contributed by atoms with Crippen LogP contribution in [0.25, 0.3) is 10.9 Å². The first-order valence-electron chi connectivity index (χ1n) is 7.26. The molecule has 122 valence electrons. The lowest BCUT2D eigenvalue weighted by Gasteiger charge is -2.07. The van der Waals surface area contributed by atoms with Gasteiger partial charge >= 0.3 is 0 Å². The second kappa shape index (κ2) is 6.92. The Morgan fingerprint density at radius 1 is 1.25 bits per heavy atom. The van der Waals surface area contributed by atoms with Crippen LogP contribution in [-0.4, -0.2) is 15.9 Å². The van der Waals surface area contributed by atoms with Crippen LogP contribution >= 0.6 is 15.9 Å². The van der Waals surface area contributed by atoms with Crippen LogP contribution in [0.5, 0.6) is 0 Å². The number of amides is 1. The third kappa shape index (κ3) is 3.68. The maximum atomic E-state index is 13.7. The predicted octanol–water partition coefficient (Wildman–Crippen LogP) is 3.40. The molecule has 0 fully saturated rings. The topological polar surface area (TPSA) is 74.8 Å². The van der Waals surface area contributed by atoms with E-state index < -0.39 is 5.82 Å². The van der Waals surface area contributed by atoms with Gasteiger partial charge in [0.2, 0.25) is 5.91 Å². The maximum absolute atomic E-state index is 13.7. The van der Waals surface area contributed by atoms with E-state index in [4.69, 9.17) is 0 Å². The highest BCUT2D eigenvalue weighted by Crippen LogP contribution is 2.19. The highest BCUT2D eigenvalue weighted by Gasteiger charge is 2.09. The largest absolute Gasteiger partial charge is 0.324 e. The number of benzene rings is 2. The number of carbonyl (C=O) groups is 1. The number of para-hydroxylation sites is 1. The second-order valence-electron chi connectivity index (χ2n) is 5.20. The fourth-order valence-corrected chi connectivity index (χ4v) is 2.62. The molecule has 0 aliphatic carbocycles. The van der Waals surface area contributed by atoms with Gasteiger partial charge in [-0.2, -0.15) is 0 Å². The van der Waals surface area contributed by atoms with Crippen molar-refractivity contribution in [2.75, 3.05) is 5.32 Å². The molecule has 3 rings (SSSR count). The first-order chi connectivity index (χ1) is 11.5. The summed E-state index contributed by atoms with van der Waals surface area (Å²) >= 11 is 3.16. The van der Waals surface area contributed by atoms with Crippen molar-refractivity contribution in [3.63, 3.8) is 0 Å². The van der Waals surface area contributed by atoms with Gasteiger partial charge in [0.05, 0.1) is 16.6 Å². The Morgan fingerprint density at radius 2 is 2.04 bits per heavy atom. The molecule has 7 heteroatoms. The molecule has 1 heterocycles. The summed E-state index contributed by atoms with van der Waals surface area (Å²) in [5, 5.41) is 3.01. The number of H-pyrrole nitrogens is 1. The number of nitrogens with zero attached hydrogens (tertiary/aromatic N) is 1. The van der Waals surface area contributed by atoms with Crippen molar-refractivity contribution in [1.82, 2.24) is 9.97 Å². The molecule has 0 atom stereocenters. The van der Waals surface area contributed by atoms with Gasteiger partial charge in [0, 0.05) is 17.3 Å². The number of aromatic amines is 1. The Hall–Kier alpha value is -2.54. The number of aryl methyl sites for hydroxylation is 1. The Balaban J connectivity index is 1.69. The molecule has 0 unspecified atom stereocenters. The van der Waals surface area contributed by atoms with Crippen molar-refractivity contribution in [2.45, 2.75) is 12.8 Å². The predicted molar refractivity (Wildman–Crippen MR) is 93.4 cm³/mol. The lowest BCUT2D eigenvalue weighted by Crippen LogP contribution is -2.16. The number of carbonyl (C=O) groups excluding carboxylic acids is 1. The second-order valence-corrected chi connectivity index (χ2v) is 6.12. The molecule has 1 aromatic heterocycles. The monoisotopic (exact) mass is 389 g/mol. The van der Waals surface area contributed by atoms with E-state index in [9.17, 15) is 14.0 Å². The Bertz CT molecular complexity index is 971. The van der Waals surface area contributed by atoms with Crippen LogP contribution in [0.1, 0.15) is 12.2 Å². The molecule has 2 aromatic carbocycles. The van der Waals surface area contributed by atoms with E-state index in [0.29, 0.717) is 21.2 Å². The molecule has 2 N–H and O–H groups in total. The van der Waals surface area contributed by atoms with Gasteiger partial charge in [0.15, 0.2) is 0 Å². The molecule has 0 saturated heterocycles. The lowest BCUT2D eigenvalue weighted by molar-refractivity contribution is -0.116. The zero-order valence-electron chi connectivity index (χ0n) is 12.5. The highest BCUT2D eigenvalue weighted by molar-refractivity contribution is 9.10. The summed E-state index contributed by atoms with van der Waals surface area (Å²) in [5.41, 5.74) is 0.453. The van der Waals surface area contributed by atoms with E-state index in [0.717, 1.165) is 0 Å². The fourth-order valence-electron chi connectivity index (χ4n) is 2.29.